The average Bonchev–Trinajstić information content (AvgIpc) is 3.03. The number of benzene rings is 2. The van der Waals surface area contributed by atoms with Crippen molar-refractivity contribution in [1.82, 2.24) is 9.78 Å². The zero-order chi connectivity index (χ0) is 19.4. The van der Waals surface area contributed by atoms with Gasteiger partial charge in [0.05, 0.1) is 17.7 Å². The van der Waals surface area contributed by atoms with Crippen molar-refractivity contribution in [2.75, 3.05) is 17.7 Å². The molecule has 138 valence electrons. The summed E-state index contributed by atoms with van der Waals surface area (Å²) in [5.41, 5.74) is 1.11. The van der Waals surface area contributed by atoms with Crippen LogP contribution in [-0.2, 0) is 7.05 Å². The molecule has 2 N–H and O–H groups in total. The lowest BCUT2D eigenvalue weighted by molar-refractivity contribution is 0.101. The Bertz CT molecular complexity index is 983. The Labute approximate surface area is 160 Å². The fraction of sp³-hybridized carbons (Fsp3) is 0.105. The van der Waals surface area contributed by atoms with Gasteiger partial charge in [0, 0.05) is 18.8 Å². The first-order valence-corrected chi connectivity index (χ1v) is 8.41. The predicted octanol–water partition coefficient (Wildman–Crippen LogP) is 3.59. The number of halogens is 1. The van der Waals surface area contributed by atoms with Crippen LogP contribution in [-0.4, -0.2) is 28.7 Å². The molecule has 0 spiro atoms. The quantitative estimate of drug-likeness (QED) is 0.704. The molecule has 0 unspecified atom stereocenters. The van der Waals surface area contributed by atoms with Gasteiger partial charge >= 0.3 is 0 Å². The van der Waals surface area contributed by atoms with Crippen molar-refractivity contribution >= 4 is 34.9 Å². The Hall–Kier alpha value is -3.32. The van der Waals surface area contributed by atoms with Gasteiger partial charge in [0.2, 0.25) is 0 Å². The smallest absolute Gasteiger partial charge is 0.276 e. The van der Waals surface area contributed by atoms with Crippen molar-refractivity contribution in [3.8, 4) is 5.75 Å². The van der Waals surface area contributed by atoms with Crippen LogP contribution in [0.1, 0.15) is 20.8 Å². The van der Waals surface area contributed by atoms with Crippen LogP contribution in [0.2, 0.25) is 5.02 Å². The standard InChI is InChI=1S/C19H17ClN4O3/c1-24-17(22-18(25)14-5-3-4-6-15(14)20)11-16(23-24)19(26)21-12-7-9-13(27-2)10-8-12/h3-11H,1-2H3,(H,21,26)(H,22,25). The molecule has 3 aromatic rings. The summed E-state index contributed by atoms with van der Waals surface area (Å²) in [6.07, 6.45) is 0. The van der Waals surface area contributed by atoms with Gasteiger partial charge in [-0.05, 0) is 36.4 Å². The normalized spacial score (nSPS) is 10.3. The molecular weight excluding hydrogens is 368 g/mol. The number of aromatic nitrogens is 2. The van der Waals surface area contributed by atoms with E-state index in [0.29, 0.717) is 27.8 Å². The van der Waals surface area contributed by atoms with Gasteiger partial charge in [-0.1, -0.05) is 23.7 Å². The summed E-state index contributed by atoms with van der Waals surface area (Å²) in [6, 6.07) is 15.1. The zero-order valence-corrected chi connectivity index (χ0v) is 15.4. The van der Waals surface area contributed by atoms with E-state index in [1.165, 1.54) is 10.7 Å². The van der Waals surface area contributed by atoms with Crippen molar-refractivity contribution in [2.24, 2.45) is 7.05 Å². The number of hydrogen-bond donors (Lipinski definition) is 2. The van der Waals surface area contributed by atoms with Gasteiger partial charge in [-0.2, -0.15) is 5.10 Å². The second kappa shape index (κ2) is 7.92. The highest BCUT2D eigenvalue weighted by Crippen LogP contribution is 2.19. The summed E-state index contributed by atoms with van der Waals surface area (Å²) in [5, 5.41) is 9.93. The number of anilines is 2. The van der Waals surface area contributed by atoms with Crippen molar-refractivity contribution in [3.63, 3.8) is 0 Å². The molecule has 0 saturated heterocycles. The highest BCUT2D eigenvalue weighted by Gasteiger charge is 2.16. The number of carbonyl (C=O) groups excluding carboxylic acids is 2. The SMILES string of the molecule is COc1ccc(NC(=O)c2cc(NC(=O)c3ccccc3Cl)n(C)n2)cc1. The first kappa shape index (κ1) is 18.5. The number of carbonyl (C=O) groups is 2. The van der Waals surface area contributed by atoms with Crippen LogP contribution in [0.3, 0.4) is 0 Å². The largest absolute Gasteiger partial charge is 0.497 e. The van der Waals surface area contributed by atoms with E-state index >= 15 is 0 Å². The maximum atomic E-state index is 12.4. The van der Waals surface area contributed by atoms with E-state index in [2.05, 4.69) is 15.7 Å². The third kappa shape index (κ3) is 4.27. The Morgan fingerprint density at radius 1 is 1.04 bits per heavy atom. The number of rotatable bonds is 5. The maximum Gasteiger partial charge on any atom is 0.276 e. The number of nitrogens with one attached hydrogen (secondary N) is 2. The van der Waals surface area contributed by atoms with Crippen molar-refractivity contribution in [2.45, 2.75) is 0 Å². The van der Waals surface area contributed by atoms with E-state index < -0.39 is 5.91 Å². The summed E-state index contributed by atoms with van der Waals surface area (Å²) in [4.78, 5) is 24.8. The van der Waals surface area contributed by atoms with Crippen molar-refractivity contribution in [1.29, 1.82) is 0 Å². The molecule has 0 radical (unpaired) electrons. The van der Waals surface area contributed by atoms with Crippen LogP contribution in [0, 0.1) is 0 Å². The van der Waals surface area contributed by atoms with E-state index in [1.807, 2.05) is 0 Å². The van der Waals surface area contributed by atoms with Gasteiger partial charge in [-0.15, -0.1) is 0 Å². The Balaban J connectivity index is 1.72. The average molecular weight is 385 g/mol. The van der Waals surface area contributed by atoms with Gasteiger partial charge in [0.25, 0.3) is 11.8 Å². The lowest BCUT2D eigenvalue weighted by Gasteiger charge is -2.06. The second-order valence-electron chi connectivity index (χ2n) is 5.66. The number of methoxy groups -OCH3 is 1. The van der Waals surface area contributed by atoms with E-state index in [0.717, 1.165) is 0 Å². The van der Waals surface area contributed by atoms with Crippen LogP contribution >= 0.6 is 11.6 Å². The molecular formula is C19H17ClN4O3. The van der Waals surface area contributed by atoms with Crippen LogP contribution in [0.25, 0.3) is 0 Å². The van der Waals surface area contributed by atoms with Gasteiger partial charge < -0.3 is 15.4 Å². The molecule has 8 heteroatoms. The highest BCUT2D eigenvalue weighted by atomic mass is 35.5. The molecule has 3 rings (SSSR count). The van der Waals surface area contributed by atoms with E-state index in [9.17, 15) is 9.59 Å². The summed E-state index contributed by atoms with van der Waals surface area (Å²) in [6.45, 7) is 0. The minimum Gasteiger partial charge on any atom is -0.497 e. The van der Waals surface area contributed by atoms with Crippen LogP contribution in [0.4, 0.5) is 11.5 Å². The van der Waals surface area contributed by atoms with Crippen molar-refractivity contribution in [3.05, 3.63) is 70.9 Å². The van der Waals surface area contributed by atoms with Crippen LogP contribution < -0.4 is 15.4 Å². The molecule has 0 aliphatic rings. The molecule has 2 aromatic carbocycles. The van der Waals surface area contributed by atoms with Crippen LogP contribution in [0.5, 0.6) is 5.75 Å². The summed E-state index contributed by atoms with van der Waals surface area (Å²) >= 11 is 6.04. The summed E-state index contributed by atoms with van der Waals surface area (Å²) in [7, 11) is 3.20. The molecule has 0 aliphatic carbocycles. The molecule has 0 bridgehead atoms. The fourth-order valence-electron chi connectivity index (χ4n) is 2.39. The van der Waals surface area contributed by atoms with Crippen molar-refractivity contribution < 1.29 is 14.3 Å². The zero-order valence-electron chi connectivity index (χ0n) is 14.7. The molecule has 7 nitrogen and oxygen atoms in total. The molecule has 0 saturated carbocycles. The highest BCUT2D eigenvalue weighted by molar-refractivity contribution is 6.34. The second-order valence-corrected chi connectivity index (χ2v) is 6.06. The lowest BCUT2D eigenvalue weighted by atomic mass is 10.2. The van der Waals surface area contributed by atoms with E-state index in [1.54, 1.807) is 62.7 Å². The van der Waals surface area contributed by atoms with E-state index in [4.69, 9.17) is 16.3 Å². The Kier molecular flexibility index (Phi) is 5.42. The minimum atomic E-state index is -0.394. The van der Waals surface area contributed by atoms with Gasteiger partial charge in [0.1, 0.15) is 11.6 Å². The Morgan fingerprint density at radius 2 is 1.74 bits per heavy atom. The predicted molar refractivity (Wildman–Crippen MR) is 104 cm³/mol. The monoisotopic (exact) mass is 384 g/mol. The first-order valence-electron chi connectivity index (χ1n) is 8.03. The molecule has 1 heterocycles. The lowest BCUT2D eigenvalue weighted by Crippen LogP contribution is -2.14. The third-order valence-corrected chi connectivity index (χ3v) is 4.15. The molecule has 0 atom stereocenters. The summed E-state index contributed by atoms with van der Waals surface area (Å²) < 4.78 is 6.50. The van der Waals surface area contributed by atoms with Crippen LogP contribution in [0.15, 0.2) is 54.6 Å². The number of ether oxygens (including phenoxy) is 1. The van der Waals surface area contributed by atoms with Gasteiger partial charge in [-0.25, -0.2) is 0 Å². The summed E-state index contributed by atoms with van der Waals surface area (Å²) in [5.74, 6) is 0.287. The maximum absolute atomic E-state index is 12.4. The van der Waals surface area contributed by atoms with Gasteiger partial charge in [-0.3, -0.25) is 14.3 Å². The molecule has 27 heavy (non-hydrogen) atoms. The Morgan fingerprint density at radius 3 is 2.41 bits per heavy atom. The molecule has 0 aliphatic heterocycles. The van der Waals surface area contributed by atoms with E-state index in [-0.39, 0.29) is 11.6 Å². The molecule has 1 aromatic heterocycles. The topological polar surface area (TPSA) is 85.3 Å². The van der Waals surface area contributed by atoms with Gasteiger partial charge in [0.15, 0.2) is 5.69 Å². The first-order chi connectivity index (χ1) is 13.0. The molecule has 0 fully saturated rings. The minimum absolute atomic E-state index is 0.169. The number of hydrogen-bond acceptors (Lipinski definition) is 4. The number of nitrogens with zero attached hydrogens (tertiary/aromatic N) is 2. The fourth-order valence-corrected chi connectivity index (χ4v) is 2.62. The number of amides is 2. The number of aryl methyl sites for hydroxylation is 1. The third-order valence-electron chi connectivity index (χ3n) is 3.82. The molecule has 2 amide bonds.